The summed E-state index contributed by atoms with van der Waals surface area (Å²) in [6.07, 6.45) is -4.50. The topological polar surface area (TPSA) is 168 Å². The van der Waals surface area contributed by atoms with Crippen molar-refractivity contribution in [1.29, 1.82) is 0 Å². The highest BCUT2D eigenvalue weighted by Gasteiger charge is 2.58. The monoisotopic (exact) mass is 610 g/mol. The van der Waals surface area contributed by atoms with Crippen LogP contribution in [0.5, 0.6) is 5.75 Å². The second-order valence-electron chi connectivity index (χ2n) is 9.75. The van der Waals surface area contributed by atoms with Gasteiger partial charge in [-0.1, -0.05) is 25.1 Å². The highest BCUT2D eigenvalue weighted by Crippen LogP contribution is 2.51. The maximum atomic E-state index is 16.3. The number of ether oxygens (including phenoxy) is 2. The fraction of sp³-hybridized carbons (Fsp3) is 0.423. The largest absolute Gasteiger partial charge is 0.463 e. The lowest BCUT2D eigenvalue weighted by molar-refractivity contribution is -0.151. The van der Waals surface area contributed by atoms with Crippen LogP contribution in [0.3, 0.4) is 0 Å². The fourth-order valence-electron chi connectivity index (χ4n) is 4.32. The van der Waals surface area contributed by atoms with Gasteiger partial charge in [0.2, 0.25) is 11.6 Å². The van der Waals surface area contributed by atoms with E-state index in [1.165, 1.54) is 19.2 Å². The molecule has 0 aliphatic carbocycles. The number of nitrogens with one attached hydrogen (secondary N) is 1. The van der Waals surface area contributed by atoms with Gasteiger partial charge in [0.1, 0.15) is 18.0 Å². The van der Waals surface area contributed by atoms with E-state index in [1.54, 1.807) is 44.2 Å². The predicted molar refractivity (Wildman–Crippen MR) is 148 cm³/mol. The number of esters is 1. The number of hydrogen-bond acceptors (Lipinski definition) is 10. The molecule has 3 heterocycles. The van der Waals surface area contributed by atoms with Crippen LogP contribution in [0.25, 0.3) is 11.0 Å². The summed E-state index contributed by atoms with van der Waals surface area (Å²) in [5.74, 6) is 0.599. The first-order valence-corrected chi connectivity index (χ1v) is 14.7. The Kier molecular flexibility index (Phi) is 9.11. The third kappa shape index (κ3) is 6.58. The van der Waals surface area contributed by atoms with Crippen molar-refractivity contribution >= 4 is 42.1 Å². The number of carbonyl (C=O) groups is 1. The van der Waals surface area contributed by atoms with E-state index in [9.17, 15) is 19.3 Å². The van der Waals surface area contributed by atoms with Crippen LogP contribution in [-0.4, -0.2) is 62.4 Å². The van der Waals surface area contributed by atoms with E-state index in [2.05, 4.69) is 15.9 Å². The molecule has 4 N–H and O–H groups in total. The average Bonchev–Trinajstić information content (AvgIpc) is 3.42. The first kappa shape index (κ1) is 30.6. The third-order valence-electron chi connectivity index (χ3n) is 6.21. The minimum absolute atomic E-state index is 0.0287. The van der Waals surface area contributed by atoms with Gasteiger partial charge in [0, 0.05) is 11.6 Å². The minimum Gasteiger partial charge on any atom is -0.463 e. The van der Waals surface area contributed by atoms with E-state index in [1.807, 2.05) is 5.38 Å². The van der Waals surface area contributed by atoms with Crippen molar-refractivity contribution in [2.24, 2.45) is 5.92 Å². The van der Waals surface area contributed by atoms with E-state index < -0.39 is 61.9 Å². The molecule has 1 aliphatic rings. The number of halogens is 2. The number of alkyl halides is 1. The quantitative estimate of drug-likeness (QED) is 0.176. The molecule has 2 aromatic heterocycles. The maximum absolute atomic E-state index is 16.3. The molecule has 12 nitrogen and oxygen atoms in total. The summed E-state index contributed by atoms with van der Waals surface area (Å²) in [6.45, 7) is 4.24. The molecule has 220 valence electrons. The Morgan fingerprint density at radius 3 is 2.71 bits per heavy atom. The molecule has 1 unspecified atom stereocenters. The van der Waals surface area contributed by atoms with E-state index in [4.69, 9.17) is 35.9 Å². The molecule has 15 heteroatoms. The minimum atomic E-state index is -4.12. The zero-order valence-corrected chi connectivity index (χ0v) is 24.0. The molecule has 6 atom stereocenters. The Bertz CT molecular complexity index is 1570. The molecule has 1 fully saturated rings. The van der Waals surface area contributed by atoms with Gasteiger partial charge in [0.25, 0.3) is 5.56 Å². The van der Waals surface area contributed by atoms with Crippen molar-refractivity contribution in [2.75, 3.05) is 18.5 Å². The van der Waals surface area contributed by atoms with Gasteiger partial charge in [-0.2, -0.15) is 4.98 Å². The second-order valence-corrected chi connectivity index (χ2v) is 12.0. The van der Waals surface area contributed by atoms with Gasteiger partial charge in [0.05, 0.1) is 30.2 Å². The maximum Gasteiger partial charge on any atom is 0.380 e. The number of aliphatic hydroxyl groups excluding tert-OH is 1. The lowest BCUT2D eigenvalue weighted by Gasteiger charge is -2.24. The number of para-hydroxylation sites is 1. The summed E-state index contributed by atoms with van der Waals surface area (Å²) in [7, 11) is -4.12. The normalized spacial score (nSPS) is 24.4. The first-order chi connectivity index (χ1) is 19.4. The van der Waals surface area contributed by atoms with Gasteiger partial charge < -0.3 is 29.4 Å². The number of hydrogen-bond donors (Lipinski definition) is 3. The number of anilines is 1. The number of aliphatic hydroxyl groups is 1. The van der Waals surface area contributed by atoms with Gasteiger partial charge in [-0.15, -0.1) is 0 Å². The van der Waals surface area contributed by atoms with Gasteiger partial charge in [0.15, 0.2) is 11.9 Å². The van der Waals surface area contributed by atoms with Crippen LogP contribution in [0, 0.1) is 17.2 Å². The average molecular weight is 611 g/mol. The molecule has 0 radical (unpaired) electrons. The van der Waals surface area contributed by atoms with Crippen LogP contribution in [0.2, 0.25) is 0 Å². The Morgan fingerprint density at radius 1 is 1.34 bits per heavy atom. The van der Waals surface area contributed by atoms with Crippen LogP contribution in [0.15, 0.2) is 47.4 Å². The van der Waals surface area contributed by atoms with Crippen molar-refractivity contribution in [2.45, 2.75) is 51.0 Å². The first-order valence-electron chi connectivity index (χ1n) is 12.6. The lowest BCUT2D eigenvalue weighted by Crippen LogP contribution is -2.42. The number of carbonyl (C=O) groups excluding carboxylic acids is 1. The Labute approximate surface area is 239 Å². The number of aromatic nitrogens is 3. The molecule has 0 bridgehead atoms. The number of benzene rings is 1. The van der Waals surface area contributed by atoms with Crippen molar-refractivity contribution in [3.63, 3.8) is 0 Å². The zero-order valence-electron chi connectivity index (χ0n) is 22.3. The van der Waals surface area contributed by atoms with Crippen LogP contribution in [-0.2, 0) is 23.4 Å². The van der Waals surface area contributed by atoms with Gasteiger partial charge in [-0.05, 0) is 49.6 Å². The number of nitrogens with two attached hydrogens (primary N) is 1. The van der Waals surface area contributed by atoms with E-state index in [-0.39, 0.29) is 28.9 Å². The molecule has 1 saturated heterocycles. The summed E-state index contributed by atoms with van der Waals surface area (Å²) >= 11 is 5.54. The Hall–Kier alpha value is -3.40. The van der Waals surface area contributed by atoms with Crippen molar-refractivity contribution in [3.8, 4) is 17.0 Å². The molecule has 1 aromatic carbocycles. The number of nitrogen functional groups attached to an aromatic ring is 1. The number of nitrogens with zero attached hydrogens (tertiary/aromatic N) is 2. The van der Waals surface area contributed by atoms with Gasteiger partial charge in [-0.25, -0.2) is 8.96 Å². The summed E-state index contributed by atoms with van der Waals surface area (Å²) in [5, 5.41) is 13.0. The molecule has 41 heavy (non-hydrogen) atoms. The van der Waals surface area contributed by atoms with Gasteiger partial charge in [-0.3, -0.25) is 19.1 Å². The van der Waals surface area contributed by atoms with Crippen LogP contribution >= 0.6 is 19.2 Å². The highest BCUT2D eigenvalue weighted by atomic mass is 35.5. The third-order valence-corrected chi connectivity index (χ3v) is 8.33. The Balaban J connectivity index is 1.62. The van der Waals surface area contributed by atoms with Crippen LogP contribution in [0.1, 0.15) is 27.0 Å². The Morgan fingerprint density at radius 2 is 2.05 bits per heavy atom. The van der Waals surface area contributed by atoms with E-state index in [0.717, 1.165) is 4.57 Å². The number of rotatable bonds is 10. The van der Waals surface area contributed by atoms with Crippen LogP contribution < -0.4 is 15.8 Å². The molecule has 0 amide bonds. The molecule has 4 rings (SSSR count). The molecule has 0 saturated carbocycles. The van der Waals surface area contributed by atoms with Crippen molar-refractivity contribution < 1.29 is 37.4 Å². The van der Waals surface area contributed by atoms with Crippen molar-refractivity contribution in [1.82, 2.24) is 14.5 Å². The van der Waals surface area contributed by atoms with Crippen molar-refractivity contribution in [3.05, 3.63) is 52.9 Å². The SMILES string of the molecule is CC(C)OC(=O)[C@H](C)C[P@](=O)(OC[C@H]1O[C@@H](n2ccc3c(=O)[nH]c(N)nc32)C(F)(C#CCl)[C@H]1O)Oc1ccccc1. The van der Waals surface area contributed by atoms with E-state index in [0.29, 0.717) is 0 Å². The summed E-state index contributed by atoms with van der Waals surface area (Å²) in [4.78, 5) is 31.1. The number of H-pyrrole nitrogens is 1. The molecule has 1 aliphatic heterocycles. The number of fused-ring (bicyclic) bond motifs is 1. The summed E-state index contributed by atoms with van der Waals surface area (Å²) < 4.78 is 53.7. The smallest absolute Gasteiger partial charge is 0.380 e. The summed E-state index contributed by atoms with van der Waals surface area (Å²) in [6, 6.07) is 9.49. The summed E-state index contributed by atoms with van der Waals surface area (Å²) in [5.41, 5.74) is 2.26. The molecular formula is C26H29ClFN4O8P. The number of aromatic amines is 1. The van der Waals surface area contributed by atoms with Gasteiger partial charge >= 0.3 is 13.6 Å². The highest BCUT2D eigenvalue weighted by molar-refractivity contribution is 7.54. The fourth-order valence-corrected chi connectivity index (χ4v) is 6.33. The second kappa shape index (κ2) is 12.2. The van der Waals surface area contributed by atoms with Crippen LogP contribution in [0.4, 0.5) is 10.3 Å². The van der Waals surface area contributed by atoms with E-state index >= 15 is 4.39 Å². The predicted octanol–water partition coefficient (Wildman–Crippen LogP) is 3.35. The molecule has 3 aromatic rings. The standard InChI is InChI=1S/C26H29ClFN4O8P/c1-15(2)38-23(35)16(3)14-41(36,40-17-7-5-4-6-8-17)37-13-19-20(33)26(28,10-11-27)24(39-19)32-12-9-18-21(32)30-25(29)31-22(18)34/h4-9,12,15-16,19-20,24,33H,13-14H2,1-3H3,(H3,29,30,31,34)/t16-,19-,20+,24-,26?,41+/m1/s1. The lowest BCUT2D eigenvalue weighted by atomic mass is 9.97. The molecule has 0 spiro atoms. The zero-order chi connectivity index (χ0) is 29.9. The molecular weight excluding hydrogens is 582 g/mol.